The van der Waals surface area contributed by atoms with Crippen molar-refractivity contribution in [3.05, 3.63) is 35.9 Å². The lowest BCUT2D eigenvalue weighted by Crippen LogP contribution is -1.60. The Balaban J connectivity index is 1.96. The van der Waals surface area contributed by atoms with Gasteiger partial charge in [0.25, 0.3) is 0 Å². The number of thiophene rings is 2. The van der Waals surface area contributed by atoms with E-state index in [-0.39, 0.29) is 0 Å². The van der Waals surface area contributed by atoms with Gasteiger partial charge in [-0.25, -0.2) is 0 Å². The lowest BCUT2D eigenvalue weighted by molar-refractivity contribution is 0.615. The van der Waals surface area contributed by atoms with Gasteiger partial charge >= 0.3 is 0 Å². The Morgan fingerprint density at radius 2 is 2.00 bits per heavy atom. The Kier molecular flexibility index (Phi) is 1.61. The molecule has 0 fully saturated rings. The van der Waals surface area contributed by atoms with Gasteiger partial charge in [-0.1, -0.05) is 0 Å². The first-order valence-corrected chi connectivity index (χ1v) is 6.54. The molecule has 0 saturated heterocycles. The summed E-state index contributed by atoms with van der Waals surface area (Å²) in [6, 6.07) is 8.10. The van der Waals surface area contributed by atoms with Crippen molar-refractivity contribution in [2.45, 2.75) is 0 Å². The van der Waals surface area contributed by atoms with Gasteiger partial charge in [-0.15, -0.1) is 22.7 Å². The van der Waals surface area contributed by atoms with E-state index < -0.39 is 0 Å². The largest absolute Gasteiger partial charge is 0.463 e. The zero-order chi connectivity index (χ0) is 10.5. The lowest BCUT2D eigenvalue weighted by Gasteiger charge is -1.86. The van der Waals surface area contributed by atoms with Gasteiger partial charge in [0, 0.05) is 12.1 Å². The van der Waals surface area contributed by atoms with E-state index >= 15 is 0 Å². The molecule has 16 heavy (non-hydrogen) atoms. The molecule has 78 valence electrons. The molecule has 4 aromatic heterocycles. The molecule has 4 heterocycles. The molecule has 4 rings (SSSR count). The second-order valence-corrected chi connectivity index (χ2v) is 5.55. The molecule has 0 N–H and O–H groups in total. The van der Waals surface area contributed by atoms with Crippen LogP contribution in [0.4, 0.5) is 0 Å². The molecule has 4 heteroatoms. The fourth-order valence-corrected chi connectivity index (χ4v) is 3.45. The van der Waals surface area contributed by atoms with Gasteiger partial charge in [-0.3, -0.25) is 0 Å². The zero-order valence-electron chi connectivity index (χ0n) is 8.10. The van der Waals surface area contributed by atoms with Crippen LogP contribution in [0.15, 0.2) is 44.7 Å². The fourth-order valence-electron chi connectivity index (χ4n) is 1.77. The van der Waals surface area contributed by atoms with Crippen molar-refractivity contribution in [2.75, 3.05) is 0 Å². The van der Waals surface area contributed by atoms with Crippen LogP contribution in [0.5, 0.6) is 0 Å². The molecular weight excluding hydrogens is 240 g/mol. The highest BCUT2D eigenvalue weighted by molar-refractivity contribution is 7.22. The quantitative estimate of drug-likeness (QED) is 0.474. The van der Waals surface area contributed by atoms with E-state index in [4.69, 9.17) is 8.83 Å². The Labute approximate surface area is 98.7 Å². The molecule has 0 aromatic carbocycles. The van der Waals surface area contributed by atoms with Crippen LogP contribution >= 0.6 is 22.7 Å². The number of fused-ring (bicyclic) bond motifs is 2. The van der Waals surface area contributed by atoms with Gasteiger partial charge < -0.3 is 8.83 Å². The van der Waals surface area contributed by atoms with Crippen molar-refractivity contribution >= 4 is 43.2 Å². The Bertz CT molecular complexity index is 645. The first-order chi connectivity index (χ1) is 7.90. The smallest absolute Gasteiger partial charge is 0.146 e. The van der Waals surface area contributed by atoms with Crippen molar-refractivity contribution in [2.24, 2.45) is 0 Å². The number of hydrogen-bond donors (Lipinski definition) is 0. The van der Waals surface area contributed by atoms with Crippen LogP contribution in [-0.2, 0) is 0 Å². The summed E-state index contributed by atoms with van der Waals surface area (Å²) >= 11 is 3.39. The van der Waals surface area contributed by atoms with Gasteiger partial charge in [0.15, 0.2) is 0 Å². The minimum absolute atomic E-state index is 0.929. The fraction of sp³-hybridized carbons (Fsp3) is 0. The highest BCUT2D eigenvalue weighted by Crippen LogP contribution is 2.37. The zero-order valence-corrected chi connectivity index (χ0v) is 9.73. The summed E-state index contributed by atoms with van der Waals surface area (Å²) in [6.45, 7) is 0. The van der Waals surface area contributed by atoms with Crippen LogP contribution in [0, 0.1) is 0 Å². The van der Waals surface area contributed by atoms with E-state index in [0.717, 1.165) is 26.5 Å². The lowest BCUT2D eigenvalue weighted by atomic mass is 10.3. The van der Waals surface area contributed by atoms with Crippen LogP contribution in [-0.4, -0.2) is 0 Å². The molecule has 0 radical (unpaired) electrons. The van der Waals surface area contributed by atoms with Gasteiger partial charge in [0.1, 0.15) is 16.9 Å². The van der Waals surface area contributed by atoms with Crippen LogP contribution in [0.3, 0.4) is 0 Å². The van der Waals surface area contributed by atoms with Crippen molar-refractivity contribution in [3.8, 4) is 10.6 Å². The van der Waals surface area contributed by atoms with Gasteiger partial charge in [-0.05, 0) is 17.5 Å². The maximum Gasteiger partial charge on any atom is 0.146 e. The second kappa shape index (κ2) is 2.99. The van der Waals surface area contributed by atoms with E-state index in [9.17, 15) is 0 Å². The van der Waals surface area contributed by atoms with Crippen LogP contribution < -0.4 is 0 Å². The molecule has 4 aromatic rings. The van der Waals surface area contributed by atoms with E-state index in [1.807, 2.05) is 23.6 Å². The van der Waals surface area contributed by atoms with Crippen molar-refractivity contribution in [1.82, 2.24) is 0 Å². The molecule has 0 aliphatic carbocycles. The maximum absolute atomic E-state index is 5.77. The van der Waals surface area contributed by atoms with Gasteiger partial charge in [0.05, 0.1) is 20.5 Å². The molecule has 0 spiro atoms. The summed E-state index contributed by atoms with van der Waals surface area (Å²) in [6.07, 6.45) is 1.71. The van der Waals surface area contributed by atoms with Crippen molar-refractivity contribution in [1.29, 1.82) is 0 Å². The molecule has 0 aliphatic rings. The third-order valence-corrected chi connectivity index (χ3v) is 4.46. The summed E-state index contributed by atoms with van der Waals surface area (Å²) in [5, 5.41) is 2.04. The normalized spacial score (nSPS) is 11.8. The summed E-state index contributed by atoms with van der Waals surface area (Å²) in [5.41, 5.74) is 1.89. The molecule has 2 nitrogen and oxygen atoms in total. The molecule has 0 saturated carbocycles. The number of hydrogen-bond acceptors (Lipinski definition) is 4. The number of furan rings is 2. The Morgan fingerprint density at radius 1 is 1.00 bits per heavy atom. The van der Waals surface area contributed by atoms with Crippen molar-refractivity contribution < 1.29 is 8.83 Å². The maximum atomic E-state index is 5.77. The van der Waals surface area contributed by atoms with Crippen LogP contribution in [0.25, 0.3) is 31.2 Å². The third kappa shape index (κ3) is 1.11. The van der Waals surface area contributed by atoms with E-state index in [1.165, 1.54) is 4.70 Å². The number of rotatable bonds is 1. The monoisotopic (exact) mass is 246 g/mol. The Morgan fingerprint density at radius 3 is 2.88 bits per heavy atom. The average molecular weight is 246 g/mol. The van der Waals surface area contributed by atoms with Gasteiger partial charge in [0.2, 0.25) is 0 Å². The molecule has 0 bridgehead atoms. The van der Waals surface area contributed by atoms with Crippen LogP contribution in [0.1, 0.15) is 0 Å². The Hall–Kier alpha value is -1.52. The SMILES string of the molecule is c1cc2sc(-c3cc4sccc4o3)cc2o1. The summed E-state index contributed by atoms with van der Waals surface area (Å²) in [4.78, 5) is 1.12. The summed E-state index contributed by atoms with van der Waals surface area (Å²) in [7, 11) is 0. The van der Waals surface area contributed by atoms with E-state index in [0.29, 0.717) is 0 Å². The van der Waals surface area contributed by atoms with Gasteiger partial charge in [-0.2, -0.15) is 0 Å². The second-order valence-electron chi connectivity index (χ2n) is 3.52. The highest BCUT2D eigenvalue weighted by Gasteiger charge is 2.11. The predicted molar refractivity (Wildman–Crippen MR) is 67.2 cm³/mol. The molecule has 0 unspecified atom stereocenters. The average Bonchev–Trinajstić information content (AvgIpc) is 2.94. The van der Waals surface area contributed by atoms with Crippen LogP contribution in [0.2, 0.25) is 0 Å². The topological polar surface area (TPSA) is 26.3 Å². The summed E-state index contributed by atoms with van der Waals surface area (Å²) in [5.74, 6) is 0.929. The molecule has 0 amide bonds. The highest BCUT2D eigenvalue weighted by atomic mass is 32.1. The molecular formula is C12H6O2S2. The standard InChI is InChI=1S/C12H6O2S2/c1-3-13-8-5-12(16-10(1)8)9-6-11-7(14-9)2-4-15-11/h1-6H. The molecule has 0 aliphatic heterocycles. The first-order valence-electron chi connectivity index (χ1n) is 4.84. The third-order valence-electron chi connectivity index (χ3n) is 2.52. The first kappa shape index (κ1) is 8.61. The molecule has 0 atom stereocenters. The summed E-state index contributed by atoms with van der Waals surface area (Å²) < 4.78 is 13.5. The van der Waals surface area contributed by atoms with E-state index in [1.54, 1.807) is 28.9 Å². The van der Waals surface area contributed by atoms with Crippen molar-refractivity contribution in [3.63, 3.8) is 0 Å². The minimum atomic E-state index is 0.929. The van der Waals surface area contributed by atoms with E-state index in [2.05, 4.69) is 6.07 Å². The minimum Gasteiger partial charge on any atom is -0.463 e. The predicted octanol–water partition coefficient (Wildman–Crippen LogP) is 4.97.